The van der Waals surface area contributed by atoms with Gasteiger partial charge in [0.25, 0.3) is 0 Å². The summed E-state index contributed by atoms with van der Waals surface area (Å²) in [6.07, 6.45) is 2.24. The molecule has 0 unspecified atom stereocenters. The first-order chi connectivity index (χ1) is 9.16. The highest BCUT2D eigenvalue weighted by atomic mass is 16.5. The van der Waals surface area contributed by atoms with E-state index in [1.165, 1.54) is 0 Å². The van der Waals surface area contributed by atoms with Gasteiger partial charge in [-0.1, -0.05) is 24.3 Å². The molecular weight excluding hydrogens is 241 g/mol. The predicted molar refractivity (Wildman–Crippen MR) is 76.1 cm³/mol. The van der Waals surface area contributed by atoms with Crippen molar-refractivity contribution in [3.05, 3.63) is 29.8 Å². The van der Waals surface area contributed by atoms with Gasteiger partial charge in [0, 0.05) is 26.3 Å². The van der Waals surface area contributed by atoms with Gasteiger partial charge >= 0.3 is 7.12 Å². The van der Waals surface area contributed by atoms with Crippen molar-refractivity contribution in [3.8, 4) is 0 Å². The molecule has 2 N–H and O–H groups in total. The lowest BCUT2D eigenvalue weighted by Gasteiger charge is -2.27. The topological polar surface area (TPSA) is 52.9 Å². The Balaban J connectivity index is 1.92. The van der Waals surface area contributed by atoms with Gasteiger partial charge in [-0.25, -0.2) is 0 Å². The fourth-order valence-electron chi connectivity index (χ4n) is 2.66. The zero-order valence-corrected chi connectivity index (χ0v) is 11.5. The number of rotatable bonds is 5. The average molecular weight is 263 g/mol. The minimum Gasteiger partial charge on any atom is -0.423 e. The molecule has 0 amide bonds. The van der Waals surface area contributed by atoms with Crippen LogP contribution in [-0.2, 0) is 11.3 Å². The minimum absolute atomic E-state index is 0.598. The second-order valence-corrected chi connectivity index (χ2v) is 5.32. The molecule has 1 aliphatic rings. The normalized spacial score (nSPS) is 16.8. The fraction of sp³-hybridized carbons (Fsp3) is 0.571. The summed E-state index contributed by atoms with van der Waals surface area (Å²) in [4.78, 5) is 2.25. The molecule has 1 saturated heterocycles. The number of hydrogen-bond donors (Lipinski definition) is 2. The molecule has 1 aromatic rings. The van der Waals surface area contributed by atoms with Crippen molar-refractivity contribution in [2.75, 3.05) is 26.8 Å². The van der Waals surface area contributed by atoms with Gasteiger partial charge in [-0.2, -0.15) is 0 Å². The Kier molecular flexibility index (Phi) is 5.40. The van der Waals surface area contributed by atoms with E-state index in [1.807, 2.05) is 18.2 Å². The Bertz CT molecular complexity index is 394. The monoisotopic (exact) mass is 263 g/mol. The largest absolute Gasteiger partial charge is 0.488 e. The molecule has 1 aromatic carbocycles. The fourth-order valence-corrected chi connectivity index (χ4v) is 2.66. The molecule has 0 saturated carbocycles. The van der Waals surface area contributed by atoms with Gasteiger partial charge in [-0.05, 0) is 36.8 Å². The molecule has 0 spiro atoms. The summed E-state index contributed by atoms with van der Waals surface area (Å²) >= 11 is 0. The van der Waals surface area contributed by atoms with Crippen molar-refractivity contribution in [1.82, 2.24) is 4.90 Å². The molecule has 1 aliphatic heterocycles. The second kappa shape index (κ2) is 7.05. The summed E-state index contributed by atoms with van der Waals surface area (Å²) < 4.78 is 5.37. The van der Waals surface area contributed by atoms with Crippen molar-refractivity contribution in [2.45, 2.75) is 19.4 Å². The number of benzene rings is 1. The molecule has 5 heteroatoms. The van der Waals surface area contributed by atoms with Crippen LogP contribution in [0.5, 0.6) is 0 Å². The van der Waals surface area contributed by atoms with Crippen molar-refractivity contribution < 1.29 is 14.8 Å². The third-order valence-corrected chi connectivity index (χ3v) is 3.68. The number of hydrogen-bond acceptors (Lipinski definition) is 4. The van der Waals surface area contributed by atoms with Crippen molar-refractivity contribution in [2.24, 2.45) is 5.92 Å². The smallest absolute Gasteiger partial charge is 0.423 e. The molecule has 104 valence electrons. The van der Waals surface area contributed by atoms with E-state index in [4.69, 9.17) is 4.74 Å². The lowest BCUT2D eigenvalue weighted by atomic mass is 9.77. The van der Waals surface area contributed by atoms with Crippen LogP contribution in [-0.4, -0.2) is 48.9 Å². The summed E-state index contributed by atoms with van der Waals surface area (Å²) in [5.74, 6) is 0.685. The summed E-state index contributed by atoms with van der Waals surface area (Å²) in [5, 5.41) is 18.7. The van der Waals surface area contributed by atoms with Gasteiger partial charge in [-0.15, -0.1) is 0 Å². The van der Waals surface area contributed by atoms with Crippen molar-refractivity contribution >= 4 is 12.6 Å². The van der Waals surface area contributed by atoms with Crippen LogP contribution >= 0.6 is 0 Å². The van der Waals surface area contributed by atoms with Crippen LogP contribution in [0.15, 0.2) is 24.3 Å². The van der Waals surface area contributed by atoms with Crippen LogP contribution in [0.2, 0.25) is 0 Å². The van der Waals surface area contributed by atoms with Gasteiger partial charge in [0.05, 0.1) is 0 Å². The SMILES string of the molecule is CN(Cc1ccccc1B(O)O)CC1CCOCC1. The van der Waals surface area contributed by atoms with Crippen LogP contribution in [0, 0.1) is 5.92 Å². The molecule has 2 rings (SSSR count). The standard InChI is InChI=1S/C14H22BNO3/c1-16(10-12-6-8-19-9-7-12)11-13-4-2-3-5-14(13)15(17)18/h2-5,12,17-18H,6-11H2,1H3. The van der Waals surface area contributed by atoms with Crippen LogP contribution in [0.3, 0.4) is 0 Å². The van der Waals surface area contributed by atoms with Gasteiger partial charge < -0.3 is 19.7 Å². The first-order valence-electron chi connectivity index (χ1n) is 6.87. The first kappa shape index (κ1) is 14.5. The Morgan fingerprint density at radius 3 is 2.63 bits per heavy atom. The van der Waals surface area contributed by atoms with E-state index in [0.29, 0.717) is 11.4 Å². The van der Waals surface area contributed by atoms with E-state index in [-0.39, 0.29) is 0 Å². The van der Waals surface area contributed by atoms with Crippen molar-refractivity contribution in [3.63, 3.8) is 0 Å². The summed E-state index contributed by atoms with van der Waals surface area (Å²) in [6, 6.07) is 7.48. The highest BCUT2D eigenvalue weighted by Crippen LogP contribution is 2.16. The van der Waals surface area contributed by atoms with Crippen LogP contribution < -0.4 is 5.46 Å². The van der Waals surface area contributed by atoms with E-state index < -0.39 is 7.12 Å². The van der Waals surface area contributed by atoms with E-state index >= 15 is 0 Å². The maximum atomic E-state index is 9.36. The molecule has 1 fully saturated rings. The van der Waals surface area contributed by atoms with Crippen molar-refractivity contribution in [1.29, 1.82) is 0 Å². The summed E-state index contributed by atoms with van der Waals surface area (Å²) in [6.45, 7) is 3.50. The van der Waals surface area contributed by atoms with Gasteiger partial charge in [-0.3, -0.25) is 0 Å². The molecule has 0 aromatic heterocycles. The molecule has 1 heterocycles. The highest BCUT2D eigenvalue weighted by Gasteiger charge is 2.19. The van der Waals surface area contributed by atoms with E-state index in [2.05, 4.69) is 11.9 Å². The van der Waals surface area contributed by atoms with E-state index in [9.17, 15) is 10.0 Å². The lowest BCUT2D eigenvalue weighted by Crippen LogP contribution is -2.36. The van der Waals surface area contributed by atoms with E-state index in [1.54, 1.807) is 6.07 Å². The van der Waals surface area contributed by atoms with Crippen LogP contribution in [0.1, 0.15) is 18.4 Å². The molecule has 19 heavy (non-hydrogen) atoms. The third-order valence-electron chi connectivity index (χ3n) is 3.68. The molecule has 0 atom stereocenters. The van der Waals surface area contributed by atoms with E-state index in [0.717, 1.165) is 44.7 Å². The maximum Gasteiger partial charge on any atom is 0.488 e. The third kappa shape index (κ3) is 4.32. The van der Waals surface area contributed by atoms with Crippen LogP contribution in [0.4, 0.5) is 0 Å². The highest BCUT2D eigenvalue weighted by molar-refractivity contribution is 6.59. The Labute approximate surface area is 115 Å². The quantitative estimate of drug-likeness (QED) is 0.746. The predicted octanol–water partition coefficient (Wildman–Crippen LogP) is 0.225. The Morgan fingerprint density at radius 2 is 1.95 bits per heavy atom. The zero-order valence-electron chi connectivity index (χ0n) is 11.5. The number of ether oxygens (including phenoxy) is 1. The van der Waals surface area contributed by atoms with Gasteiger partial charge in [0.1, 0.15) is 0 Å². The summed E-state index contributed by atoms with van der Waals surface area (Å²) in [7, 11) is 0.684. The van der Waals surface area contributed by atoms with Gasteiger partial charge in [0.15, 0.2) is 0 Å². The molecular formula is C14H22BNO3. The summed E-state index contributed by atoms with van der Waals surface area (Å²) in [5.41, 5.74) is 1.58. The first-order valence-corrected chi connectivity index (χ1v) is 6.87. The Morgan fingerprint density at radius 1 is 1.26 bits per heavy atom. The molecule has 0 aliphatic carbocycles. The molecule has 4 nitrogen and oxygen atoms in total. The second-order valence-electron chi connectivity index (χ2n) is 5.32. The van der Waals surface area contributed by atoms with Gasteiger partial charge in [0.2, 0.25) is 0 Å². The maximum absolute atomic E-state index is 9.36. The lowest BCUT2D eigenvalue weighted by molar-refractivity contribution is 0.0550. The average Bonchev–Trinajstić information content (AvgIpc) is 2.40. The molecule has 0 bridgehead atoms. The Hall–Kier alpha value is -0.875. The zero-order chi connectivity index (χ0) is 13.7. The minimum atomic E-state index is -1.40. The molecule has 0 radical (unpaired) electrons. The number of nitrogens with zero attached hydrogens (tertiary/aromatic N) is 1. The van der Waals surface area contributed by atoms with Crippen LogP contribution in [0.25, 0.3) is 0 Å².